The number of carbonyl (C=O) groups excluding carboxylic acids is 1. The fourth-order valence-corrected chi connectivity index (χ4v) is 2.97. The van der Waals surface area contributed by atoms with Crippen LogP contribution in [-0.4, -0.2) is 26.5 Å². The summed E-state index contributed by atoms with van der Waals surface area (Å²) < 4.78 is 48.6. The molecule has 3 rings (SSSR count). The summed E-state index contributed by atoms with van der Waals surface area (Å²) in [5, 5.41) is 3.16. The van der Waals surface area contributed by atoms with Crippen LogP contribution in [0.15, 0.2) is 42.5 Å². The Morgan fingerprint density at radius 2 is 1.70 bits per heavy atom. The van der Waals surface area contributed by atoms with Crippen LogP contribution in [0.25, 0.3) is 5.70 Å². The van der Waals surface area contributed by atoms with Gasteiger partial charge >= 0.3 is 6.18 Å². The van der Waals surface area contributed by atoms with Crippen LogP contribution in [0, 0.1) is 0 Å². The summed E-state index contributed by atoms with van der Waals surface area (Å²) in [7, 11) is 3.08. The monoisotopic (exact) mass is 377 g/mol. The van der Waals surface area contributed by atoms with Gasteiger partial charge in [-0.2, -0.15) is 13.2 Å². The molecule has 7 heteroatoms. The third kappa shape index (κ3) is 3.92. The van der Waals surface area contributed by atoms with Gasteiger partial charge in [-0.1, -0.05) is 12.1 Å². The average molecular weight is 377 g/mol. The van der Waals surface area contributed by atoms with Crippen molar-refractivity contribution in [2.45, 2.75) is 12.6 Å². The molecule has 0 saturated heterocycles. The van der Waals surface area contributed by atoms with Gasteiger partial charge in [0.05, 0.1) is 19.8 Å². The minimum atomic E-state index is -4.43. The number of benzene rings is 2. The lowest BCUT2D eigenvalue weighted by Gasteiger charge is -2.23. The predicted octanol–water partition coefficient (Wildman–Crippen LogP) is 4.09. The summed E-state index contributed by atoms with van der Waals surface area (Å²) >= 11 is 0. The van der Waals surface area contributed by atoms with Crippen LogP contribution in [0.1, 0.15) is 27.0 Å². The number of methoxy groups -OCH3 is 2. The van der Waals surface area contributed by atoms with Crippen molar-refractivity contribution >= 4 is 11.5 Å². The first kappa shape index (κ1) is 18.8. The zero-order valence-corrected chi connectivity index (χ0v) is 14.8. The molecule has 142 valence electrons. The summed E-state index contributed by atoms with van der Waals surface area (Å²) in [6.45, 7) is 0.634. The first-order chi connectivity index (χ1) is 12.8. The molecule has 1 aliphatic heterocycles. The van der Waals surface area contributed by atoms with E-state index in [1.54, 1.807) is 13.2 Å². The van der Waals surface area contributed by atoms with Gasteiger partial charge in [0.2, 0.25) is 0 Å². The highest BCUT2D eigenvalue weighted by atomic mass is 19.4. The summed E-state index contributed by atoms with van der Waals surface area (Å²) in [6.07, 6.45) is -2.28. The lowest BCUT2D eigenvalue weighted by molar-refractivity contribution is -0.137. The Hall–Kier alpha value is -2.96. The summed E-state index contributed by atoms with van der Waals surface area (Å²) in [5.74, 6) is 0.758. The van der Waals surface area contributed by atoms with Crippen molar-refractivity contribution in [3.63, 3.8) is 0 Å². The summed E-state index contributed by atoms with van der Waals surface area (Å²) in [4.78, 5) is 12.5. The number of carbonyl (C=O) groups is 1. The molecule has 2 aromatic rings. The zero-order valence-electron chi connectivity index (χ0n) is 14.8. The van der Waals surface area contributed by atoms with Crippen LogP contribution in [0.4, 0.5) is 13.2 Å². The highest BCUT2D eigenvalue weighted by Crippen LogP contribution is 2.35. The van der Waals surface area contributed by atoms with E-state index >= 15 is 0 Å². The predicted molar refractivity (Wildman–Crippen MR) is 95.0 cm³/mol. The SMILES string of the molecule is COc1cc2c(cc1OC)/C(=C/C(=O)c1ccc(C(F)(F)F)cc1)NCC2. The molecule has 1 aliphatic rings. The molecule has 0 spiro atoms. The number of rotatable bonds is 4. The molecule has 0 unspecified atom stereocenters. The van der Waals surface area contributed by atoms with Crippen LogP contribution < -0.4 is 14.8 Å². The van der Waals surface area contributed by atoms with Crippen LogP contribution in [0.3, 0.4) is 0 Å². The normalized spacial score (nSPS) is 15.1. The topological polar surface area (TPSA) is 47.6 Å². The third-order valence-electron chi connectivity index (χ3n) is 4.38. The second-order valence-corrected chi connectivity index (χ2v) is 6.04. The highest BCUT2D eigenvalue weighted by molar-refractivity contribution is 6.08. The van der Waals surface area contributed by atoms with Gasteiger partial charge in [0.1, 0.15) is 0 Å². The van der Waals surface area contributed by atoms with E-state index in [1.165, 1.54) is 25.3 Å². The Bertz CT molecular complexity index is 887. The molecule has 0 fully saturated rings. The lowest BCUT2D eigenvalue weighted by Crippen LogP contribution is -2.23. The van der Waals surface area contributed by atoms with Gasteiger partial charge in [-0.3, -0.25) is 4.79 Å². The van der Waals surface area contributed by atoms with Crippen LogP contribution in [0.5, 0.6) is 11.5 Å². The van der Waals surface area contributed by atoms with Crippen molar-refractivity contribution in [3.8, 4) is 11.5 Å². The fourth-order valence-electron chi connectivity index (χ4n) is 2.97. The molecule has 2 aromatic carbocycles. The maximum absolute atomic E-state index is 12.7. The smallest absolute Gasteiger partial charge is 0.416 e. The number of halogens is 3. The number of hydrogen-bond donors (Lipinski definition) is 1. The van der Waals surface area contributed by atoms with E-state index in [2.05, 4.69) is 5.32 Å². The van der Waals surface area contributed by atoms with E-state index in [4.69, 9.17) is 9.47 Å². The van der Waals surface area contributed by atoms with Crippen LogP contribution in [-0.2, 0) is 12.6 Å². The number of ether oxygens (including phenoxy) is 2. The molecule has 0 saturated carbocycles. The second-order valence-electron chi connectivity index (χ2n) is 6.04. The molecule has 0 radical (unpaired) electrons. The van der Waals surface area contributed by atoms with Crippen molar-refractivity contribution in [1.82, 2.24) is 5.32 Å². The van der Waals surface area contributed by atoms with E-state index in [0.29, 0.717) is 23.7 Å². The zero-order chi connectivity index (χ0) is 19.6. The summed E-state index contributed by atoms with van der Waals surface area (Å²) in [5.41, 5.74) is 1.80. The Morgan fingerprint density at radius 1 is 1.07 bits per heavy atom. The molecule has 0 atom stereocenters. The summed E-state index contributed by atoms with van der Waals surface area (Å²) in [6, 6.07) is 7.82. The van der Waals surface area contributed by atoms with Gasteiger partial charge in [-0.05, 0) is 36.2 Å². The van der Waals surface area contributed by atoms with Crippen LogP contribution in [0.2, 0.25) is 0 Å². The van der Waals surface area contributed by atoms with E-state index < -0.39 is 11.7 Å². The quantitative estimate of drug-likeness (QED) is 0.644. The molecule has 0 amide bonds. The van der Waals surface area contributed by atoms with E-state index in [-0.39, 0.29) is 11.3 Å². The van der Waals surface area contributed by atoms with Gasteiger partial charge in [0.25, 0.3) is 0 Å². The van der Waals surface area contributed by atoms with E-state index in [9.17, 15) is 18.0 Å². The molecule has 0 aromatic heterocycles. The lowest BCUT2D eigenvalue weighted by atomic mass is 9.95. The largest absolute Gasteiger partial charge is 0.493 e. The number of allylic oxidation sites excluding steroid dienone is 1. The minimum Gasteiger partial charge on any atom is -0.493 e. The number of fused-ring (bicyclic) bond motifs is 1. The van der Waals surface area contributed by atoms with Crippen molar-refractivity contribution in [2.24, 2.45) is 0 Å². The van der Waals surface area contributed by atoms with Gasteiger partial charge in [0, 0.05) is 29.4 Å². The number of ketones is 1. The average Bonchev–Trinajstić information content (AvgIpc) is 2.66. The first-order valence-corrected chi connectivity index (χ1v) is 8.26. The first-order valence-electron chi connectivity index (χ1n) is 8.26. The highest BCUT2D eigenvalue weighted by Gasteiger charge is 2.30. The van der Waals surface area contributed by atoms with Gasteiger partial charge in [0.15, 0.2) is 17.3 Å². The third-order valence-corrected chi connectivity index (χ3v) is 4.38. The Balaban J connectivity index is 1.93. The van der Waals surface area contributed by atoms with Crippen molar-refractivity contribution in [1.29, 1.82) is 0 Å². The second kappa shape index (κ2) is 7.34. The Morgan fingerprint density at radius 3 is 2.30 bits per heavy atom. The maximum atomic E-state index is 12.7. The maximum Gasteiger partial charge on any atom is 0.416 e. The van der Waals surface area contributed by atoms with E-state index in [1.807, 2.05) is 6.07 Å². The van der Waals surface area contributed by atoms with Crippen LogP contribution >= 0.6 is 0 Å². The molecule has 0 aliphatic carbocycles. The molecule has 0 bridgehead atoms. The molecular weight excluding hydrogens is 359 g/mol. The molecule has 4 nitrogen and oxygen atoms in total. The Kier molecular flexibility index (Phi) is 5.12. The van der Waals surface area contributed by atoms with Crippen molar-refractivity contribution in [2.75, 3.05) is 20.8 Å². The van der Waals surface area contributed by atoms with Gasteiger partial charge < -0.3 is 14.8 Å². The van der Waals surface area contributed by atoms with E-state index in [0.717, 1.165) is 29.7 Å². The van der Waals surface area contributed by atoms with Crippen molar-refractivity contribution in [3.05, 3.63) is 64.7 Å². The number of nitrogens with one attached hydrogen (secondary N) is 1. The number of alkyl halides is 3. The number of hydrogen-bond acceptors (Lipinski definition) is 4. The molecule has 27 heavy (non-hydrogen) atoms. The molecule has 1 heterocycles. The van der Waals surface area contributed by atoms with Crippen molar-refractivity contribution < 1.29 is 27.4 Å². The van der Waals surface area contributed by atoms with Gasteiger partial charge in [-0.15, -0.1) is 0 Å². The standard InChI is InChI=1S/C20H18F3NO3/c1-26-18-9-13-7-8-24-16(15(13)10-19(18)27-2)11-17(25)12-3-5-14(6-4-12)20(21,22)23/h3-6,9-11,24H,7-8H2,1-2H3/b16-11-. The fraction of sp³-hybridized carbons (Fsp3) is 0.250. The minimum absolute atomic E-state index is 0.185. The Labute approximate surface area is 154 Å². The molecular formula is C20H18F3NO3. The molecule has 1 N–H and O–H groups in total. The van der Waals surface area contributed by atoms with Gasteiger partial charge in [-0.25, -0.2) is 0 Å².